The maximum Gasteiger partial charge on any atom is 0.305 e. The Morgan fingerprint density at radius 2 is 2.04 bits per heavy atom. The van der Waals surface area contributed by atoms with Crippen LogP contribution in [-0.2, 0) is 19.1 Å². The Labute approximate surface area is 158 Å². The number of esters is 1. The fourth-order valence-corrected chi connectivity index (χ4v) is 3.78. The van der Waals surface area contributed by atoms with Crippen LogP contribution < -0.4 is 5.32 Å². The van der Waals surface area contributed by atoms with Gasteiger partial charge < -0.3 is 14.8 Å². The molecule has 26 heavy (non-hydrogen) atoms. The Hall–Kier alpha value is -1.63. The van der Waals surface area contributed by atoms with Gasteiger partial charge in [0.1, 0.15) is 0 Å². The summed E-state index contributed by atoms with van der Waals surface area (Å²) in [6.45, 7) is 2.32. The first-order chi connectivity index (χ1) is 12.5. The molecule has 6 nitrogen and oxygen atoms in total. The first-order valence-corrected chi connectivity index (χ1v) is 9.40. The fraction of sp³-hybridized carbons (Fsp3) is 0.579. The molecule has 2 aliphatic heterocycles. The molecule has 1 aromatic rings. The molecular formula is C19H25ClN2O4. The van der Waals surface area contributed by atoms with Crippen molar-refractivity contribution >= 4 is 23.5 Å². The molecule has 0 aromatic heterocycles. The molecule has 142 valence electrons. The van der Waals surface area contributed by atoms with Crippen molar-refractivity contribution in [3.63, 3.8) is 0 Å². The normalized spacial score (nSPS) is 25.5. The molecule has 1 amide bonds. The van der Waals surface area contributed by atoms with Crippen molar-refractivity contribution in [2.75, 3.05) is 26.8 Å². The summed E-state index contributed by atoms with van der Waals surface area (Å²) in [4.78, 5) is 25.6. The van der Waals surface area contributed by atoms with Crippen LogP contribution in [0.1, 0.15) is 37.4 Å². The highest BCUT2D eigenvalue weighted by Gasteiger charge is 2.38. The third kappa shape index (κ3) is 4.96. The SMILES string of the molecule is COC(=O)CCCC(=O)N[C@@H]1C[C@H]2CO[C@@H](c3ccc(Cl)cc3)CN2C1. The summed E-state index contributed by atoms with van der Waals surface area (Å²) >= 11 is 5.95. The number of ether oxygens (including phenoxy) is 2. The Balaban J connectivity index is 1.45. The number of carbonyl (C=O) groups is 2. The molecule has 2 aliphatic rings. The summed E-state index contributed by atoms with van der Waals surface area (Å²) in [6, 6.07) is 8.26. The van der Waals surface area contributed by atoms with E-state index < -0.39 is 0 Å². The average molecular weight is 381 g/mol. The van der Waals surface area contributed by atoms with E-state index in [0.29, 0.717) is 25.5 Å². The highest BCUT2D eigenvalue weighted by molar-refractivity contribution is 6.30. The van der Waals surface area contributed by atoms with Crippen molar-refractivity contribution in [1.82, 2.24) is 10.2 Å². The van der Waals surface area contributed by atoms with Gasteiger partial charge in [0.15, 0.2) is 0 Å². The summed E-state index contributed by atoms with van der Waals surface area (Å²) in [5.74, 6) is -0.282. The number of benzene rings is 1. The van der Waals surface area contributed by atoms with E-state index in [2.05, 4.69) is 15.0 Å². The third-order valence-corrected chi connectivity index (χ3v) is 5.29. The zero-order valence-corrected chi connectivity index (χ0v) is 15.7. The minimum atomic E-state index is -0.277. The predicted octanol–water partition coefficient (Wildman–Crippen LogP) is 2.31. The van der Waals surface area contributed by atoms with Crippen molar-refractivity contribution in [1.29, 1.82) is 0 Å². The van der Waals surface area contributed by atoms with Gasteiger partial charge in [0, 0.05) is 43.0 Å². The molecular weight excluding hydrogens is 356 g/mol. The summed E-state index contributed by atoms with van der Waals surface area (Å²) in [7, 11) is 1.36. The second-order valence-corrected chi connectivity index (χ2v) is 7.35. The van der Waals surface area contributed by atoms with Gasteiger partial charge in [-0.2, -0.15) is 0 Å². The molecule has 3 rings (SSSR count). The first-order valence-electron chi connectivity index (χ1n) is 9.02. The zero-order chi connectivity index (χ0) is 18.5. The second kappa shape index (κ2) is 8.84. The topological polar surface area (TPSA) is 67.9 Å². The molecule has 0 spiro atoms. The van der Waals surface area contributed by atoms with E-state index in [-0.39, 0.29) is 30.4 Å². The molecule has 0 radical (unpaired) electrons. The summed E-state index contributed by atoms with van der Waals surface area (Å²) in [5.41, 5.74) is 1.13. The van der Waals surface area contributed by atoms with Gasteiger partial charge in [0.25, 0.3) is 0 Å². The van der Waals surface area contributed by atoms with Gasteiger partial charge in [-0.05, 0) is 30.5 Å². The van der Waals surface area contributed by atoms with Crippen LogP contribution in [0.3, 0.4) is 0 Å². The molecule has 7 heteroatoms. The monoisotopic (exact) mass is 380 g/mol. The van der Waals surface area contributed by atoms with Gasteiger partial charge in [0.05, 0.1) is 19.8 Å². The van der Waals surface area contributed by atoms with Crippen LogP contribution in [0.4, 0.5) is 0 Å². The van der Waals surface area contributed by atoms with Crippen LogP contribution >= 0.6 is 11.6 Å². The van der Waals surface area contributed by atoms with E-state index >= 15 is 0 Å². The number of halogens is 1. The number of hydrogen-bond donors (Lipinski definition) is 1. The standard InChI is InChI=1S/C19H25ClN2O4/c1-25-19(24)4-2-3-18(23)21-15-9-16-12-26-17(11-22(16)10-15)13-5-7-14(20)8-6-13/h5-8,15-17H,2-4,9-12H2,1H3,(H,21,23)/t15-,16+,17-/m1/s1. The number of amides is 1. The molecule has 2 heterocycles. The molecule has 0 unspecified atom stereocenters. The number of fused-ring (bicyclic) bond motifs is 1. The lowest BCUT2D eigenvalue weighted by Crippen LogP contribution is -2.43. The van der Waals surface area contributed by atoms with Crippen LogP contribution in [0.5, 0.6) is 0 Å². The molecule has 0 bridgehead atoms. The van der Waals surface area contributed by atoms with Crippen molar-refractivity contribution in [2.24, 2.45) is 0 Å². The average Bonchev–Trinajstić information content (AvgIpc) is 3.03. The Morgan fingerprint density at radius 3 is 2.77 bits per heavy atom. The maximum atomic E-state index is 12.1. The maximum absolute atomic E-state index is 12.1. The zero-order valence-electron chi connectivity index (χ0n) is 14.9. The highest BCUT2D eigenvalue weighted by Crippen LogP contribution is 2.30. The van der Waals surface area contributed by atoms with E-state index in [1.54, 1.807) is 0 Å². The predicted molar refractivity (Wildman–Crippen MR) is 97.9 cm³/mol. The summed E-state index contributed by atoms with van der Waals surface area (Å²) in [5, 5.41) is 3.80. The van der Waals surface area contributed by atoms with Crippen molar-refractivity contribution in [2.45, 2.75) is 43.9 Å². The van der Waals surface area contributed by atoms with Crippen molar-refractivity contribution < 1.29 is 19.1 Å². The highest BCUT2D eigenvalue weighted by atomic mass is 35.5. The van der Waals surface area contributed by atoms with Crippen LogP contribution in [0, 0.1) is 0 Å². The molecule has 3 atom stereocenters. The Bertz CT molecular complexity index is 637. The number of rotatable bonds is 6. The van der Waals surface area contributed by atoms with Gasteiger partial charge in [0.2, 0.25) is 5.91 Å². The largest absolute Gasteiger partial charge is 0.469 e. The number of morpholine rings is 1. The molecule has 0 aliphatic carbocycles. The summed E-state index contributed by atoms with van der Waals surface area (Å²) in [6.07, 6.45) is 2.08. The number of methoxy groups -OCH3 is 1. The quantitative estimate of drug-likeness (QED) is 0.767. The van der Waals surface area contributed by atoms with Crippen LogP contribution in [0.15, 0.2) is 24.3 Å². The molecule has 1 N–H and O–H groups in total. The smallest absolute Gasteiger partial charge is 0.305 e. The van der Waals surface area contributed by atoms with Gasteiger partial charge in [-0.1, -0.05) is 23.7 Å². The van der Waals surface area contributed by atoms with Gasteiger partial charge in [-0.25, -0.2) is 0 Å². The Kier molecular flexibility index (Phi) is 6.51. The van der Waals surface area contributed by atoms with E-state index in [1.807, 2.05) is 24.3 Å². The number of nitrogens with one attached hydrogen (secondary N) is 1. The van der Waals surface area contributed by atoms with Crippen LogP contribution in [-0.4, -0.2) is 55.7 Å². The lowest BCUT2D eigenvalue weighted by atomic mass is 10.1. The second-order valence-electron chi connectivity index (χ2n) is 6.91. The van der Waals surface area contributed by atoms with E-state index in [9.17, 15) is 9.59 Å². The molecule has 2 saturated heterocycles. The first kappa shape index (κ1) is 19.1. The van der Waals surface area contributed by atoms with E-state index in [4.69, 9.17) is 16.3 Å². The van der Waals surface area contributed by atoms with E-state index in [0.717, 1.165) is 30.1 Å². The van der Waals surface area contributed by atoms with E-state index in [1.165, 1.54) is 7.11 Å². The van der Waals surface area contributed by atoms with Crippen LogP contribution in [0.2, 0.25) is 5.02 Å². The van der Waals surface area contributed by atoms with Crippen LogP contribution in [0.25, 0.3) is 0 Å². The molecule has 1 aromatic carbocycles. The molecule has 0 saturated carbocycles. The van der Waals surface area contributed by atoms with Crippen molar-refractivity contribution in [3.05, 3.63) is 34.9 Å². The van der Waals surface area contributed by atoms with Gasteiger partial charge in [-0.3, -0.25) is 14.5 Å². The lowest BCUT2D eigenvalue weighted by molar-refractivity contribution is -0.140. The fourth-order valence-electron chi connectivity index (χ4n) is 3.65. The number of hydrogen-bond acceptors (Lipinski definition) is 5. The minimum absolute atomic E-state index is 0.00563. The number of nitrogens with zero attached hydrogens (tertiary/aromatic N) is 1. The Morgan fingerprint density at radius 1 is 1.27 bits per heavy atom. The minimum Gasteiger partial charge on any atom is -0.469 e. The van der Waals surface area contributed by atoms with Gasteiger partial charge in [-0.15, -0.1) is 0 Å². The third-order valence-electron chi connectivity index (χ3n) is 5.04. The molecule has 2 fully saturated rings. The van der Waals surface area contributed by atoms with Gasteiger partial charge >= 0.3 is 5.97 Å². The van der Waals surface area contributed by atoms with Crippen molar-refractivity contribution in [3.8, 4) is 0 Å². The number of carbonyl (C=O) groups excluding carboxylic acids is 2. The lowest BCUT2D eigenvalue weighted by Gasteiger charge is -2.35. The summed E-state index contributed by atoms with van der Waals surface area (Å²) < 4.78 is 10.6.